The fourth-order valence-corrected chi connectivity index (χ4v) is 2.98. The van der Waals surface area contributed by atoms with Crippen LogP contribution in [0.3, 0.4) is 0 Å². The normalized spacial score (nSPS) is 22.1. The molecule has 0 saturated heterocycles. The Morgan fingerprint density at radius 3 is 2.75 bits per heavy atom. The van der Waals surface area contributed by atoms with Gasteiger partial charge < -0.3 is 10.6 Å². The first-order chi connectivity index (χ1) is 9.45. The molecule has 1 saturated carbocycles. The number of nitrogens with zero attached hydrogens (tertiary/aromatic N) is 1. The lowest BCUT2D eigenvalue weighted by Gasteiger charge is -2.29. The maximum Gasteiger partial charge on any atom is 0.256 e. The van der Waals surface area contributed by atoms with E-state index in [0.717, 1.165) is 31.4 Å². The van der Waals surface area contributed by atoms with Crippen molar-refractivity contribution in [1.82, 2.24) is 4.90 Å². The summed E-state index contributed by atoms with van der Waals surface area (Å²) in [4.78, 5) is 13.8. The molecule has 0 radical (unpaired) electrons. The summed E-state index contributed by atoms with van der Waals surface area (Å²) in [6, 6.07) is 1.65. The topological polar surface area (TPSA) is 46.3 Å². The van der Waals surface area contributed by atoms with Gasteiger partial charge in [-0.05, 0) is 37.4 Å². The van der Waals surface area contributed by atoms with Crippen LogP contribution in [0.25, 0.3) is 0 Å². The number of nitrogens with two attached hydrogens (primary N) is 1. The molecule has 2 N–H and O–H groups in total. The van der Waals surface area contributed by atoms with Gasteiger partial charge in [-0.1, -0.05) is 18.0 Å². The summed E-state index contributed by atoms with van der Waals surface area (Å²) in [5, 5.41) is -0.331. The average molecular weight is 303 g/mol. The molecule has 1 aliphatic carbocycles. The Labute approximate surface area is 121 Å². The first-order valence-corrected chi connectivity index (χ1v) is 6.95. The van der Waals surface area contributed by atoms with Crippen LogP contribution in [0.1, 0.15) is 29.6 Å². The quantitative estimate of drug-likeness (QED) is 0.873. The predicted molar refractivity (Wildman–Crippen MR) is 73.6 cm³/mol. The highest BCUT2D eigenvalue weighted by atomic mass is 35.5. The van der Waals surface area contributed by atoms with Crippen LogP contribution in [0.2, 0.25) is 5.02 Å². The molecule has 2 unspecified atom stereocenters. The smallest absolute Gasteiger partial charge is 0.256 e. The number of carbonyl (C=O) groups is 1. The largest absolute Gasteiger partial charge is 0.338 e. The monoisotopic (exact) mass is 302 g/mol. The van der Waals surface area contributed by atoms with E-state index in [1.165, 1.54) is 4.90 Å². The summed E-state index contributed by atoms with van der Waals surface area (Å²) in [7, 11) is 1.60. The van der Waals surface area contributed by atoms with Gasteiger partial charge in [-0.25, -0.2) is 8.78 Å². The van der Waals surface area contributed by atoms with E-state index in [2.05, 4.69) is 0 Å². The lowest BCUT2D eigenvalue weighted by atomic mass is 10.0. The summed E-state index contributed by atoms with van der Waals surface area (Å²) in [5.74, 6) is -1.94. The Bertz CT molecular complexity index is 524. The van der Waals surface area contributed by atoms with Gasteiger partial charge in [0.2, 0.25) is 0 Å². The molecule has 20 heavy (non-hydrogen) atoms. The number of amides is 1. The maximum atomic E-state index is 13.8. The fourth-order valence-electron chi connectivity index (χ4n) is 2.83. The van der Waals surface area contributed by atoms with Crippen molar-refractivity contribution in [2.24, 2.45) is 11.7 Å². The maximum absolute atomic E-state index is 13.8. The second kappa shape index (κ2) is 6.06. The van der Waals surface area contributed by atoms with E-state index in [1.807, 2.05) is 0 Å². The molecule has 1 aromatic rings. The van der Waals surface area contributed by atoms with Crippen molar-refractivity contribution in [3.8, 4) is 0 Å². The van der Waals surface area contributed by atoms with Gasteiger partial charge in [0.05, 0.1) is 10.6 Å². The van der Waals surface area contributed by atoms with Crippen LogP contribution in [0, 0.1) is 17.6 Å². The summed E-state index contributed by atoms with van der Waals surface area (Å²) in [5.41, 5.74) is 5.39. The van der Waals surface area contributed by atoms with Crippen molar-refractivity contribution < 1.29 is 13.6 Å². The highest BCUT2D eigenvalue weighted by Crippen LogP contribution is 2.30. The van der Waals surface area contributed by atoms with E-state index in [0.29, 0.717) is 6.54 Å². The molecular weight excluding hydrogens is 286 g/mol. The third-order valence-electron chi connectivity index (χ3n) is 3.98. The van der Waals surface area contributed by atoms with Crippen molar-refractivity contribution in [2.45, 2.75) is 25.3 Å². The minimum atomic E-state index is -0.810. The van der Waals surface area contributed by atoms with Crippen LogP contribution >= 0.6 is 11.6 Å². The van der Waals surface area contributed by atoms with Crippen molar-refractivity contribution in [3.63, 3.8) is 0 Å². The lowest BCUT2D eigenvalue weighted by molar-refractivity contribution is 0.0694. The SMILES string of the molecule is CN(C(=O)c1cc(F)c(Cl)cc1F)C1CCCC1CN. The zero-order valence-corrected chi connectivity index (χ0v) is 12.0. The van der Waals surface area contributed by atoms with Crippen LogP contribution in [-0.4, -0.2) is 30.4 Å². The molecule has 2 atom stereocenters. The fraction of sp³-hybridized carbons (Fsp3) is 0.500. The van der Waals surface area contributed by atoms with E-state index in [1.54, 1.807) is 7.05 Å². The van der Waals surface area contributed by atoms with Gasteiger partial charge in [0.25, 0.3) is 5.91 Å². The van der Waals surface area contributed by atoms with Gasteiger partial charge in [0.1, 0.15) is 11.6 Å². The molecule has 0 heterocycles. The first-order valence-electron chi connectivity index (χ1n) is 6.57. The molecule has 0 aliphatic heterocycles. The Kier molecular flexibility index (Phi) is 4.60. The second-order valence-corrected chi connectivity index (χ2v) is 5.56. The number of hydrogen-bond acceptors (Lipinski definition) is 2. The molecule has 1 amide bonds. The number of carbonyl (C=O) groups excluding carboxylic acids is 1. The molecule has 1 aliphatic rings. The zero-order chi connectivity index (χ0) is 14.9. The van der Waals surface area contributed by atoms with Gasteiger partial charge in [0.15, 0.2) is 0 Å². The highest BCUT2D eigenvalue weighted by Gasteiger charge is 2.33. The lowest BCUT2D eigenvalue weighted by Crippen LogP contribution is -2.41. The average Bonchev–Trinajstić information content (AvgIpc) is 2.89. The molecule has 2 rings (SSSR count). The van der Waals surface area contributed by atoms with Crippen LogP contribution in [0.15, 0.2) is 12.1 Å². The van der Waals surface area contributed by atoms with E-state index in [-0.39, 0.29) is 22.5 Å². The molecule has 6 heteroatoms. The van der Waals surface area contributed by atoms with Gasteiger partial charge in [-0.3, -0.25) is 4.79 Å². The van der Waals surface area contributed by atoms with E-state index in [4.69, 9.17) is 17.3 Å². The summed E-state index contributed by atoms with van der Waals surface area (Å²) < 4.78 is 27.2. The molecule has 1 aromatic carbocycles. The number of rotatable bonds is 3. The van der Waals surface area contributed by atoms with E-state index < -0.39 is 17.5 Å². The Morgan fingerprint density at radius 1 is 1.40 bits per heavy atom. The van der Waals surface area contributed by atoms with Crippen molar-refractivity contribution in [2.75, 3.05) is 13.6 Å². The van der Waals surface area contributed by atoms with Gasteiger partial charge in [-0.2, -0.15) is 0 Å². The van der Waals surface area contributed by atoms with Gasteiger partial charge in [-0.15, -0.1) is 0 Å². The Balaban J connectivity index is 2.25. The predicted octanol–water partition coefficient (Wildman–Crippen LogP) is 2.82. The third-order valence-corrected chi connectivity index (χ3v) is 4.27. The van der Waals surface area contributed by atoms with Crippen LogP contribution in [0.4, 0.5) is 8.78 Å². The number of benzene rings is 1. The van der Waals surface area contributed by atoms with E-state index >= 15 is 0 Å². The first kappa shape index (κ1) is 15.2. The van der Waals surface area contributed by atoms with Crippen molar-refractivity contribution in [3.05, 3.63) is 34.4 Å². The summed E-state index contributed by atoms with van der Waals surface area (Å²) in [6.07, 6.45) is 2.78. The molecular formula is C14H17ClF2N2O. The Hall–Kier alpha value is -1.20. The highest BCUT2D eigenvalue weighted by molar-refractivity contribution is 6.30. The summed E-state index contributed by atoms with van der Waals surface area (Å²) in [6.45, 7) is 0.486. The minimum absolute atomic E-state index is 0.0226. The molecule has 110 valence electrons. The van der Waals surface area contributed by atoms with Gasteiger partial charge >= 0.3 is 0 Å². The van der Waals surface area contributed by atoms with Crippen LogP contribution in [0.5, 0.6) is 0 Å². The number of halogens is 3. The molecule has 1 fully saturated rings. The van der Waals surface area contributed by atoms with Crippen LogP contribution < -0.4 is 5.73 Å². The Morgan fingerprint density at radius 2 is 2.10 bits per heavy atom. The van der Waals surface area contributed by atoms with Crippen molar-refractivity contribution >= 4 is 17.5 Å². The number of hydrogen-bond donors (Lipinski definition) is 1. The molecule has 0 aromatic heterocycles. The third kappa shape index (κ3) is 2.79. The molecule has 0 bridgehead atoms. The minimum Gasteiger partial charge on any atom is -0.338 e. The van der Waals surface area contributed by atoms with Crippen molar-refractivity contribution in [1.29, 1.82) is 0 Å². The second-order valence-electron chi connectivity index (χ2n) is 5.16. The molecule has 0 spiro atoms. The van der Waals surface area contributed by atoms with E-state index in [9.17, 15) is 13.6 Å². The standard InChI is InChI=1S/C14H17ClF2N2O/c1-19(13-4-2-3-8(13)7-18)14(20)9-5-12(17)10(15)6-11(9)16/h5-6,8,13H,2-4,7,18H2,1H3. The molecule has 3 nitrogen and oxygen atoms in total. The summed E-state index contributed by atoms with van der Waals surface area (Å²) >= 11 is 5.49. The van der Waals surface area contributed by atoms with Gasteiger partial charge in [0, 0.05) is 13.1 Å². The zero-order valence-electron chi connectivity index (χ0n) is 11.2. The van der Waals surface area contributed by atoms with Crippen LogP contribution in [-0.2, 0) is 0 Å².